The van der Waals surface area contributed by atoms with Crippen LogP contribution in [0.4, 0.5) is 17.1 Å². The molecule has 0 aliphatic carbocycles. The Morgan fingerprint density at radius 3 is 2.58 bits per heavy atom. The lowest BCUT2D eigenvalue weighted by Gasteiger charge is -2.40. The standard InChI is InChI=1S/C13H12N4O7/c1-7(18)15-12-5-9(24-13(12)19)6-14(15)10-3-2-8(16(20)21)4-11(10)17(22)23/h2-4,9,12H,5-6H2,1H3/t9-,12-/m1/s1. The summed E-state index contributed by atoms with van der Waals surface area (Å²) in [5, 5.41) is 24.5. The summed E-state index contributed by atoms with van der Waals surface area (Å²) >= 11 is 0. The topological polar surface area (TPSA) is 136 Å². The van der Waals surface area contributed by atoms with Crippen LogP contribution in [-0.2, 0) is 14.3 Å². The fraction of sp³-hybridized carbons (Fsp3) is 0.385. The molecule has 11 heteroatoms. The fourth-order valence-electron chi connectivity index (χ4n) is 2.99. The largest absolute Gasteiger partial charge is 0.459 e. The molecule has 2 aliphatic heterocycles. The zero-order chi connectivity index (χ0) is 17.6. The van der Waals surface area contributed by atoms with Gasteiger partial charge in [-0.1, -0.05) is 0 Å². The normalized spacial score (nSPS) is 22.3. The molecule has 0 aromatic heterocycles. The number of anilines is 1. The Bertz CT molecular complexity index is 765. The SMILES string of the molecule is CC(=O)N1[C@@H]2C[C@H](CN1c1ccc([N+](=O)[O-])cc1[N+](=O)[O-])OC2=O. The summed E-state index contributed by atoms with van der Waals surface area (Å²) in [6.07, 6.45) is -0.178. The van der Waals surface area contributed by atoms with E-state index in [1.54, 1.807) is 0 Å². The van der Waals surface area contributed by atoms with Crippen LogP contribution in [0.2, 0.25) is 0 Å². The van der Waals surface area contributed by atoms with Crippen molar-refractivity contribution in [1.29, 1.82) is 0 Å². The number of nitro benzene ring substituents is 2. The molecule has 2 bridgehead atoms. The number of hydrogen-bond acceptors (Lipinski definition) is 8. The third kappa shape index (κ3) is 2.39. The number of nitro groups is 2. The molecule has 24 heavy (non-hydrogen) atoms. The lowest BCUT2D eigenvalue weighted by atomic mass is 10.1. The Kier molecular flexibility index (Phi) is 3.55. The number of carbonyl (C=O) groups excluding carboxylic acids is 2. The number of esters is 1. The lowest BCUT2D eigenvalue weighted by molar-refractivity contribution is -0.393. The maximum Gasteiger partial charge on any atom is 0.331 e. The molecule has 1 amide bonds. The van der Waals surface area contributed by atoms with Gasteiger partial charge in [-0.3, -0.25) is 30.0 Å². The smallest absolute Gasteiger partial charge is 0.331 e. The molecular formula is C13H12N4O7. The highest BCUT2D eigenvalue weighted by molar-refractivity contribution is 5.87. The van der Waals surface area contributed by atoms with Crippen LogP contribution in [-0.4, -0.2) is 45.4 Å². The number of hydrogen-bond donors (Lipinski definition) is 0. The molecule has 1 aromatic rings. The minimum Gasteiger partial charge on any atom is -0.459 e. The van der Waals surface area contributed by atoms with E-state index in [-0.39, 0.29) is 12.2 Å². The van der Waals surface area contributed by atoms with Crippen LogP contribution < -0.4 is 5.01 Å². The van der Waals surface area contributed by atoms with E-state index in [0.717, 1.165) is 17.1 Å². The van der Waals surface area contributed by atoms with E-state index in [9.17, 15) is 29.8 Å². The summed E-state index contributed by atoms with van der Waals surface area (Å²) < 4.78 is 5.13. The first kappa shape index (κ1) is 15.6. The van der Waals surface area contributed by atoms with E-state index in [4.69, 9.17) is 4.74 Å². The van der Waals surface area contributed by atoms with Crippen molar-refractivity contribution in [2.45, 2.75) is 25.5 Å². The molecule has 1 aromatic carbocycles. The molecule has 2 atom stereocenters. The van der Waals surface area contributed by atoms with Crippen LogP contribution in [0.1, 0.15) is 13.3 Å². The summed E-state index contributed by atoms with van der Waals surface area (Å²) in [5.41, 5.74) is -0.967. The second kappa shape index (κ2) is 5.44. The highest BCUT2D eigenvalue weighted by Gasteiger charge is 2.49. The van der Waals surface area contributed by atoms with Crippen molar-refractivity contribution < 1.29 is 24.2 Å². The predicted octanol–water partition coefficient (Wildman–Crippen LogP) is 0.771. The molecule has 126 valence electrons. The van der Waals surface area contributed by atoms with E-state index in [0.29, 0.717) is 6.42 Å². The number of hydrazine groups is 1. The molecule has 2 heterocycles. The van der Waals surface area contributed by atoms with Gasteiger partial charge in [0.15, 0.2) is 6.04 Å². The third-order valence-electron chi connectivity index (χ3n) is 3.94. The van der Waals surface area contributed by atoms with Gasteiger partial charge >= 0.3 is 11.7 Å². The van der Waals surface area contributed by atoms with Crippen LogP contribution in [0.5, 0.6) is 0 Å². The quantitative estimate of drug-likeness (QED) is 0.448. The summed E-state index contributed by atoms with van der Waals surface area (Å²) in [6, 6.07) is 2.28. The first-order valence-electron chi connectivity index (χ1n) is 7.00. The van der Waals surface area contributed by atoms with E-state index in [2.05, 4.69) is 0 Å². The van der Waals surface area contributed by atoms with Gasteiger partial charge < -0.3 is 4.74 Å². The van der Waals surface area contributed by atoms with Crippen molar-refractivity contribution in [2.75, 3.05) is 11.6 Å². The Labute approximate surface area is 134 Å². The molecule has 0 radical (unpaired) electrons. The first-order chi connectivity index (χ1) is 11.3. The van der Waals surface area contributed by atoms with Crippen LogP contribution in [0.3, 0.4) is 0 Å². The van der Waals surface area contributed by atoms with Gasteiger partial charge in [-0.2, -0.15) is 0 Å². The van der Waals surface area contributed by atoms with E-state index in [1.165, 1.54) is 18.0 Å². The van der Waals surface area contributed by atoms with Gasteiger partial charge in [-0.15, -0.1) is 0 Å². The molecule has 2 fully saturated rings. The summed E-state index contributed by atoms with van der Waals surface area (Å²) in [5.74, 6) is -1.05. The predicted molar refractivity (Wildman–Crippen MR) is 77.9 cm³/mol. The molecule has 2 saturated heterocycles. The molecule has 0 N–H and O–H groups in total. The maximum atomic E-state index is 12.0. The second-order valence-corrected chi connectivity index (χ2v) is 5.44. The molecule has 0 saturated carbocycles. The zero-order valence-corrected chi connectivity index (χ0v) is 12.4. The van der Waals surface area contributed by atoms with Crippen LogP contribution in [0.25, 0.3) is 0 Å². The Hall–Kier alpha value is -3.24. The Morgan fingerprint density at radius 1 is 1.29 bits per heavy atom. The van der Waals surface area contributed by atoms with Crippen LogP contribution >= 0.6 is 0 Å². The number of non-ortho nitro benzene ring substituents is 1. The summed E-state index contributed by atoms with van der Waals surface area (Å²) in [6.45, 7) is 1.29. The second-order valence-electron chi connectivity index (χ2n) is 5.44. The highest BCUT2D eigenvalue weighted by Crippen LogP contribution is 2.38. The summed E-state index contributed by atoms with van der Waals surface area (Å²) in [7, 11) is 0. The van der Waals surface area contributed by atoms with Gasteiger partial charge in [-0.25, -0.2) is 9.80 Å². The zero-order valence-electron chi connectivity index (χ0n) is 12.4. The lowest BCUT2D eigenvalue weighted by Crippen LogP contribution is -2.57. The highest BCUT2D eigenvalue weighted by atomic mass is 16.6. The van der Waals surface area contributed by atoms with Gasteiger partial charge in [0, 0.05) is 19.4 Å². The average Bonchev–Trinajstić information content (AvgIpc) is 2.80. The van der Waals surface area contributed by atoms with Gasteiger partial charge in [0.05, 0.1) is 22.5 Å². The average molecular weight is 336 g/mol. The monoisotopic (exact) mass is 336 g/mol. The molecule has 0 unspecified atom stereocenters. The van der Waals surface area contributed by atoms with Crippen molar-refractivity contribution in [3.63, 3.8) is 0 Å². The van der Waals surface area contributed by atoms with Gasteiger partial charge in [-0.05, 0) is 6.07 Å². The van der Waals surface area contributed by atoms with Crippen molar-refractivity contribution in [2.24, 2.45) is 0 Å². The maximum absolute atomic E-state index is 12.0. The molecule has 0 spiro atoms. The van der Waals surface area contributed by atoms with Gasteiger partial charge in [0.1, 0.15) is 11.8 Å². The molecule has 3 rings (SSSR count). The van der Waals surface area contributed by atoms with E-state index < -0.39 is 45.2 Å². The van der Waals surface area contributed by atoms with E-state index in [1.807, 2.05) is 0 Å². The van der Waals surface area contributed by atoms with Crippen LogP contribution in [0.15, 0.2) is 18.2 Å². The number of ether oxygens (including phenoxy) is 1. The number of carbonyl (C=O) groups is 2. The first-order valence-corrected chi connectivity index (χ1v) is 7.00. The molecule has 2 aliphatic rings. The van der Waals surface area contributed by atoms with Crippen molar-refractivity contribution in [1.82, 2.24) is 5.01 Å². The van der Waals surface area contributed by atoms with Crippen molar-refractivity contribution in [3.8, 4) is 0 Å². The van der Waals surface area contributed by atoms with Crippen molar-refractivity contribution >= 4 is 28.9 Å². The van der Waals surface area contributed by atoms with Crippen molar-refractivity contribution in [3.05, 3.63) is 38.4 Å². The van der Waals surface area contributed by atoms with Crippen LogP contribution in [0, 0.1) is 20.2 Å². The third-order valence-corrected chi connectivity index (χ3v) is 3.94. The fourth-order valence-corrected chi connectivity index (χ4v) is 2.99. The minimum atomic E-state index is -0.851. The number of nitrogens with zero attached hydrogens (tertiary/aromatic N) is 4. The Balaban J connectivity index is 2.09. The summed E-state index contributed by atoms with van der Waals surface area (Å²) in [4.78, 5) is 44.5. The number of rotatable bonds is 3. The molecule has 11 nitrogen and oxygen atoms in total. The Morgan fingerprint density at radius 2 is 2.00 bits per heavy atom. The molecular weight excluding hydrogens is 324 g/mol. The minimum absolute atomic E-state index is 0.00574. The van der Waals surface area contributed by atoms with Gasteiger partial charge in [0.2, 0.25) is 5.91 Å². The number of benzene rings is 1. The number of amides is 1. The van der Waals surface area contributed by atoms with Gasteiger partial charge in [0.25, 0.3) is 5.69 Å². The number of fused-ring (bicyclic) bond motifs is 2. The van der Waals surface area contributed by atoms with E-state index >= 15 is 0 Å².